The zero-order chi connectivity index (χ0) is 13.9. The number of rotatable bonds is 4. The van der Waals surface area contributed by atoms with Gasteiger partial charge in [0.05, 0.1) is 6.20 Å². The molecular weight excluding hydrogens is 252 g/mol. The average molecular weight is 268 g/mol. The van der Waals surface area contributed by atoms with E-state index in [-0.39, 0.29) is 11.6 Å². The van der Waals surface area contributed by atoms with Crippen molar-refractivity contribution in [3.63, 3.8) is 0 Å². The summed E-state index contributed by atoms with van der Waals surface area (Å²) in [5, 5.41) is 11.1. The molecule has 5 nitrogen and oxygen atoms in total. The van der Waals surface area contributed by atoms with Crippen LogP contribution in [0.5, 0.6) is 0 Å². The Bertz CT molecular complexity index is 761. The first kappa shape index (κ1) is 12.6. The van der Waals surface area contributed by atoms with Crippen LogP contribution in [0.2, 0.25) is 0 Å². The average Bonchev–Trinajstić information content (AvgIpc) is 2.99. The minimum atomic E-state index is -0.0457. The summed E-state index contributed by atoms with van der Waals surface area (Å²) in [6, 6.07) is 9.85. The van der Waals surface area contributed by atoms with Gasteiger partial charge in [-0.2, -0.15) is 5.10 Å². The monoisotopic (exact) mass is 268 g/mol. The van der Waals surface area contributed by atoms with Gasteiger partial charge >= 0.3 is 0 Å². The van der Waals surface area contributed by atoms with Crippen LogP contribution in [0.4, 0.5) is 0 Å². The number of aromatic nitrogens is 3. The van der Waals surface area contributed by atoms with E-state index < -0.39 is 0 Å². The number of pyridine rings is 1. The third-order valence-electron chi connectivity index (χ3n) is 3.45. The summed E-state index contributed by atoms with van der Waals surface area (Å²) < 4.78 is 0. The molecule has 5 heteroatoms. The van der Waals surface area contributed by atoms with Gasteiger partial charge in [0.15, 0.2) is 0 Å². The molecule has 1 unspecified atom stereocenters. The van der Waals surface area contributed by atoms with Crippen LogP contribution in [0.1, 0.15) is 24.1 Å². The molecule has 1 atom stereocenters. The minimum absolute atomic E-state index is 0.0457. The fraction of sp³-hybridized carbons (Fsp3) is 0.200. The standard InChI is InChI=1S/C15H16N4O/c1-10(13-8-17-18-9-13)16-7-12-6-11-4-2-3-5-14(11)19-15(12)20/h2-6,8-10,16H,7H2,1H3,(H,17,18)(H,19,20). The summed E-state index contributed by atoms with van der Waals surface area (Å²) >= 11 is 0. The Balaban J connectivity index is 1.80. The summed E-state index contributed by atoms with van der Waals surface area (Å²) in [5.41, 5.74) is 2.63. The number of benzene rings is 1. The van der Waals surface area contributed by atoms with Crippen molar-refractivity contribution in [3.8, 4) is 0 Å². The normalized spacial score (nSPS) is 12.7. The molecule has 20 heavy (non-hydrogen) atoms. The maximum atomic E-state index is 12.0. The molecule has 0 saturated carbocycles. The lowest BCUT2D eigenvalue weighted by Crippen LogP contribution is -2.23. The third kappa shape index (κ3) is 2.48. The molecule has 0 spiro atoms. The van der Waals surface area contributed by atoms with E-state index in [0.717, 1.165) is 22.0 Å². The Kier molecular flexibility index (Phi) is 3.35. The van der Waals surface area contributed by atoms with E-state index in [1.807, 2.05) is 43.5 Å². The zero-order valence-electron chi connectivity index (χ0n) is 11.2. The van der Waals surface area contributed by atoms with Crippen LogP contribution in [-0.2, 0) is 6.54 Å². The van der Waals surface area contributed by atoms with Crippen molar-refractivity contribution in [2.45, 2.75) is 19.5 Å². The lowest BCUT2D eigenvalue weighted by atomic mass is 10.1. The van der Waals surface area contributed by atoms with Crippen molar-refractivity contribution in [3.05, 3.63) is 64.2 Å². The van der Waals surface area contributed by atoms with Crippen LogP contribution in [-0.4, -0.2) is 15.2 Å². The van der Waals surface area contributed by atoms with Gasteiger partial charge in [0.2, 0.25) is 0 Å². The summed E-state index contributed by atoms with van der Waals surface area (Å²) in [5.74, 6) is 0. The van der Waals surface area contributed by atoms with Crippen LogP contribution >= 0.6 is 0 Å². The van der Waals surface area contributed by atoms with Crippen LogP contribution < -0.4 is 10.9 Å². The molecular formula is C15H16N4O. The molecule has 0 aliphatic rings. The smallest absolute Gasteiger partial charge is 0.252 e. The number of aromatic amines is 2. The summed E-state index contributed by atoms with van der Waals surface area (Å²) in [7, 11) is 0. The van der Waals surface area contributed by atoms with Gasteiger partial charge < -0.3 is 10.3 Å². The highest BCUT2D eigenvalue weighted by Crippen LogP contribution is 2.12. The Morgan fingerprint density at radius 2 is 2.20 bits per heavy atom. The number of hydrogen-bond donors (Lipinski definition) is 3. The van der Waals surface area contributed by atoms with Crippen LogP contribution in [0, 0.1) is 0 Å². The first-order valence-electron chi connectivity index (χ1n) is 6.57. The first-order valence-corrected chi connectivity index (χ1v) is 6.57. The highest BCUT2D eigenvalue weighted by Gasteiger charge is 2.08. The minimum Gasteiger partial charge on any atom is -0.322 e. The van der Waals surface area contributed by atoms with Crippen molar-refractivity contribution >= 4 is 10.9 Å². The van der Waals surface area contributed by atoms with Gasteiger partial charge in [-0.05, 0) is 24.4 Å². The lowest BCUT2D eigenvalue weighted by Gasteiger charge is -2.11. The third-order valence-corrected chi connectivity index (χ3v) is 3.45. The molecule has 102 valence electrons. The molecule has 0 amide bonds. The number of fused-ring (bicyclic) bond motifs is 1. The quantitative estimate of drug-likeness (QED) is 0.678. The fourth-order valence-electron chi connectivity index (χ4n) is 2.20. The Labute approximate surface area is 116 Å². The summed E-state index contributed by atoms with van der Waals surface area (Å²) in [4.78, 5) is 14.9. The highest BCUT2D eigenvalue weighted by molar-refractivity contribution is 5.78. The molecule has 0 radical (unpaired) electrons. The van der Waals surface area contributed by atoms with Crippen molar-refractivity contribution in [1.82, 2.24) is 20.5 Å². The number of nitrogens with zero attached hydrogens (tertiary/aromatic N) is 1. The summed E-state index contributed by atoms with van der Waals surface area (Å²) in [6.07, 6.45) is 3.63. The lowest BCUT2D eigenvalue weighted by molar-refractivity contribution is 0.572. The topological polar surface area (TPSA) is 73.6 Å². The molecule has 2 aromatic heterocycles. The van der Waals surface area contributed by atoms with Gasteiger partial charge in [-0.15, -0.1) is 0 Å². The van der Waals surface area contributed by atoms with Gasteiger partial charge in [-0.3, -0.25) is 9.89 Å². The van der Waals surface area contributed by atoms with E-state index in [1.165, 1.54) is 0 Å². The molecule has 1 aromatic carbocycles. The van der Waals surface area contributed by atoms with Crippen molar-refractivity contribution < 1.29 is 0 Å². The number of hydrogen-bond acceptors (Lipinski definition) is 3. The largest absolute Gasteiger partial charge is 0.322 e. The fourth-order valence-corrected chi connectivity index (χ4v) is 2.20. The predicted molar refractivity (Wildman–Crippen MR) is 78.4 cm³/mol. The molecule has 0 bridgehead atoms. The molecule has 2 heterocycles. The molecule has 3 rings (SSSR count). The Morgan fingerprint density at radius 1 is 1.35 bits per heavy atom. The molecule has 0 fully saturated rings. The second kappa shape index (κ2) is 5.30. The Morgan fingerprint density at radius 3 is 3.00 bits per heavy atom. The van der Waals surface area contributed by atoms with Gasteiger partial charge in [0, 0.05) is 35.4 Å². The van der Waals surface area contributed by atoms with Gasteiger partial charge in [0.1, 0.15) is 0 Å². The van der Waals surface area contributed by atoms with E-state index in [2.05, 4.69) is 20.5 Å². The van der Waals surface area contributed by atoms with Crippen molar-refractivity contribution in [2.24, 2.45) is 0 Å². The second-order valence-electron chi connectivity index (χ2n) is 4.85. The van der Waals surface area contributed by atoms with E-state index in [4.69, 9.17) is 0 Å². The molecule has 3 N–H and O–H groups in total. The zero-order valence-corrected chi connectivity index (χ0v) is 11.2. The molecule has 0 saturated heterocycles. The van der Waals surface area contributed by atoms with Crippen LogP contribution in [0.15, 0.2) is 47.5 Å². The van der Waals surface area contributed by atoms with Gasteiger partial charge in [0.25, 0.3) is 5.56 Å². The Hall–Kier alpha value is -2.40. The number of para-hydroxylation sites is 1. The number of H-pyrrole nitrogens is 2. The van der Waals surface area contributed by atoms with E-state index >= 15 is 0 Å². The maximum absolute atomic E-state index is 12.0. The van der Waals surface area contributed by atoms with E-state index in [0.29, 0.717) is 6.54 Å². The maximum Gasteiger partial charge on any atom is 0.252 e. The predicted octanol–water partition coefficient (Wildman–Crippen LogP) is 2.10. The molecule has 0 aliphatic heterocycles. The first-order chi connectivity index (χ1) is 9.74. The van der Waals surface area contributed by atoms with E-state index in [1.54, 1.807) is 6.20 Å². The van der Waals surface area contributed by atoms with Crippen molar-refractivity contribution in [1.29, 1.82) is 0 Å². The van der Waals surface area contributed by atoms with Gasteiger partial charge in [-0.1, -0.05) is 18.2 Å². The van der Waals surface area contributed by atoms with E-state index in [9.17, 15) is 4.79 Å². The second-order valence-corrected chi connectivity index (χ2v) is 4.85. The SMILES string of the molecule is CC(NCc1cc2ccccc2[nH]c1=O)c1cn[nH]c1. The van der Waals surface area contributed by atoms with Crippen LogP contribution in [0.25, 0.3) is 10.9 Å². The molecule has 0 aliphatic carbocycles. The summed E-state index contributed by atoms with van der Waals surface area (Å²) in [6.45, 7) is 2.56. The van der Waals surface area contributed by atoms with Crippen molar-refractivity contribution in [2.75, 3.05) is 0 Å². The van der Waals surface area contributed by atoms with Crippen LogP contribution in [0.3, 0.4) is 0 Å². The highest BCUT2D eigenvalue weighted by atomic mass is 16.1. The molecule has 3 aromatic rings. The van der Waals surface area contributed by atoms with Gasteiger partial charge in [-0.25, -0.2) is 0 Å². The number of nitrogens with one attached hydrogen (secondary N) is 3.